The summed E-state index contributed by atoms with van der Waals surface area (Å²) >= 11 is 7.47. The van der Waals surface area contributed by atoms with Gasteiger partial charge in [0.1, 0.15) is 24.4 Å². The topological polar surface area (TPSA) is 228 Å². The highest BCUT2D eigenvalue weighted by molar-refractivity contribution is 7.13. The lowest BCUT2D eigenvalue weighted by Crippen LogP contribution is -2.55. The van der Waals surface area contributed by atoms with Crippen LogP contribution in [0.25, 0.3) is 21.6 Å². The zero-order chi connectivity index (χ0) is 48.7. The van der Waals surface area contributed by atoms with E-state index in [1.165, 1.54) is 16.2 Å². The third-order valence-electron chi connectivity index (χ3n) is 11.6. The average molecular weight is 991 g/mol. The fourth-order valence-electron chi connectivity index (χ4n) is 8.19. The quantitative estimate of drug-likeness (QED) is 0.0619. The number of rotatable bonds is 27. The van der Waals surface area contributed by atoms with E-state index < -0.39 is 24.1 Å². The Morgan fingerprint density at radius 2 is 1.58 bits per heavy atom. The Labute approximate surface area is 410 Å². The van der Waals surface area contributed by atoms with E-state index in [4.69, 9.17) is 45.8 Å². The second kappa shape index (κ2) is 25.3. The largest absolute Gasteiger partial charge is 0.491 e. The number of aryl methyl sites for hydroxylation is 1. The van der Waals surface area contributed by atoms with Crippen molar-refractivity contribution in [2.45, 2.75) is 65.0 Å². The SMILES string of the molecule is Cc1ncsc1-c1ccc(CNC(=O)[C@@H]2C[C@@H](O)CN2C(=O)C(C(C)C)N2Cc3ccccc3C2=O)c(OCCOCCOCCOCCOCCOCCn2cc(-c3cc(Cl)nnc3N)cn2)c1. The fraction of sp³-hybridized carbons (Fsp3) is 0.479. The molecule has 69 heavy (non-hydrogen) atoms. The summed E-state index contributed by atoms with van der Waals surface area (Å²) in [5.74, 6) is -0.347. The van der Waals surface area contributed by atoms with Crippen LogP contribution in [0.4, 0.5) is 5.82 Å². The average Bonchev–Trinajstić information content (AvgIpc) is 4.15. The predicted octanol–water partition coefficient (Wildman–Crippen LogP) is 4.43. The number of amides is 3. The number of nitrogens with two attached hydrogens (primary N) is 1. The molecule has 21 heteroatoms. The summed E-state index contributed by atoms with van der Waals surface area (Å²) in [6.45, 7) is 11.0. The van der Waals surface area contributed by atoms with E-state index in [0.717, 1.165) is 32.8 Å². The second-order valence-corrected chi connectivity index (χ2v) is 18.1. The maximum atomic E-state index is 14.2. The Hall–Kier alpha value is -5.58. The number of aliphatic hydroxyl groups is 1. The molecule has 0 aliphatic carbocycles. The minimum Gasteiger partial charge on any atom is -0.491 e. The summed E-state index contributed by atoms with van der Waals surface area (Å²) in [4.78, 5) is 49.9. The van der Waals surface area contributed by atoms with E-state index in [-0.39, 0.29) is 54.8 Å². The van der Waals surface area contributed by atoms with E-state index in [1.54, 1.807) is 39.5 Å². The van der Waals surface area contributed by atoms with Gasteiger partial charge < -0.3 is 54.4 Å². The minimum atomic E-state index is -0.911. The third-order valence-corrected chi connectivity index (χ3v) is 12.8. The number of carbonyl (C=O) groups excluding carboxylic acids is 3. The highest BCUT2D eigenvalue weighted by Crippen LogP contribution is 2.33. The number of anilines is 1. The van der Waals surface area contributed by atoms with Crippen LogP contribution in [-0.4, -0.2) is 155 Å². The zero-order valence-corrected chi connectivity index (χ0v) is 40.7. The molecule has 5 heterocycles. The number of nitrogens with one attached hydrogen (secondary N) is 1. The van der Waals surface area contributed by atoms with Gasteiger partial charge in [0.2, 0.25) is 11.8 Å². The Kier molecular flexibility index (Phi) is 18.8. The van der Waals surface area contributed by atoms with Crippen LogP contribution >= 0.6 is 22.9 Å². The van der Waals surface area contributed by atoms with Crippen molar-refractivity contribution in [3.8, 4) is 27.3 Å². The van der Waals surface area contributed by atoms with Gasteiger partial charge in [-0.15, -0.1) is 21.5 Å². The molecule has 19 nitrogen and oxygen atoms in total. The number of thiazole rings is 1. The third kappa shape index (κ3) is 13.8. The lowest BCUT2D eigenvalue weighted by Gasteiger charge is -2.35. The van der Waals surface area contributed by atoms with Crippen molar-refractivity contribution >= 4 is 46.5 Å². The van der Waals surface area contributed by atoms with E-state index in [0.29, 0.717) is 96.0 Å². The summed E-state index contributed by atoms with van der Waals surface area (Å²) in [5.41, 5.74) is 13.2. The predicted molar refractivity (Wildman–Crippen MR) is 257 cm³/mol. The van der Waals surface area contributed by atoms with E-state index in [2.05, 4.69) is 25.6 Å². The Morgan fingerprint density at radius 3 is 2.25 bits per heavy atom. The second-order valence-electron chi connectivity index (χ2n) is 16.9. The van der Waals surface area contributed by atoms with Gasteiger partial charge in [0.25, 0.3) is 5.91 Å². The molecule has 3 aromatic heterocycles. The number of fused-ring (bicyclic) bond motifs is 1. The summed E-state index contributed by atoms with van der Waals surface area (Å²) in [6, 6.07) is 13.1. The molecule has 2 aliphatic heterocycles. The van der Waals surface area contributed by atoms with Crippen molar-refractivity contribution in [3.63, 3.8) is 0 Å². The first kappa shape index (κ1) is 51.3. The van der Waals surface area contributed by atoms with Crippen LogP contribution in [0.2, 0.25) is 5.15 Å². The zero-order valence-electron chi connectivity index (χ0n) is 39.1. The van der Waals surface area contributed by atoms with Crippen molar-refractivity contribution in [1.29, 1.82) is 0 Å². The summed E-state index contributed by atoms with van der Waals surface area (Å²) < 4.78 is 36.2. The molecule has 4 N–H and O–H groups in total. The van der Waals surface area contributed by atoms with E-state index in [1.807, 2.05) is 57.3 Å². The molecule has 5 aromatic rings. The number of benzene rings is 2. The molecule has 0 radical (unpaired) electrons. The summed E-state index contributed by atoms with van der Waals surface area (Å²) in [5, 5.41) is 25.9. The van der Waals surface area contributed by atoms with Crippen molar-refractivity contribution in [2.24, 2.45) is 5.92 Å². The highest BCUT2D eigenvalue weighted by atomic mass is 35.5. The van der Waals surface area contributed by atoms with Crippen molar-refractivity contribution in [1.82, 2.24) is 40.1 Å². The summed E-state index contributed by atoms with van der Waals surface area (Å²) in [6.07, 6.45) is 2.74. The number of nitrogens with zero attached hydrogens (tertiary/aromatic N) is 7. The van der Waals surface area contributed by atoms with E-state index in [9.17, 15) is 19.5 Å². The summed E-state index contributed by atoms with van der Waals surface area (Å²) in [7, 11) is 0. The Bertz CT molecular complexity index is 2490. The molecule has 2 aliphatic rings. The van der Waals surface area contributed by atoms with Gasteiger partial charge in [-0.3, -0.25) is 19.1 Å². The van der Waals surface area contributed by atoms with Crippen LogP contribution in [0.15, 0.2) is 66.4 Å². The number of aliphatic hydroxyl groups excluding tert-OH is 1. The molecule has 1 saturated heterocycles. The Balaban J connectivity index is 0.775. The smallest absolute Gasteiger partial charge is 0.255 e. The lowest BCUT2D eigenvalue weighted by atomic mass is 10.0. The number of hydrogen-bond donors (Lipinski definition) is 3. The number of β-amino-alcohol motifs (C(OH)–C–C–N with tert-alkyl or cyclic N) is 1. The van der Waals surface area contributed by atoms with Crippen LogP contribution in [-0.2, 0) is 52.9 Å². The molecule has 0 spiro atoms. The van der Waals surface area contributed by atoms with Crippen LogP contribution in [0.1, 0.15) is 47.4 Å². The van der Waals surface area contributed by atoms with E-state index >= 15 is 0 Å². The van der Waals surface area contributed by atoms with Gasteiger partial charge in [0.15, 0.2) is 11.0 Å². The molecular formula is C48H60ClN9O10S. The maximum absolute atomic E-state index is 14.2. The number of ether oxygens (including phenoxy) is 6. The first-order chi connectivity index (χ1) is 33.5. The molecule has 2 aromatic carbocycles. The monoisotopic (exact) mass is 989 g/mol. The minimum absolute atomic E-state index is 0.00172. The fourth-order valence-corrected chi connectivity index (χ4v) is 9.14. The molecule has 7 rings (SSSR count). The van der Waals surface area contributed by atoms with Crippen molar-refractivity contribution in [2.75, 3.05) is 85.0 Å². The van der Waals surface area contributed by atoms with Gasteiger partial charge >= 0.3 is 0 Å². The molecule has 0 saturated carbocycles. The highest BCUT2D eigenvalue weighted by Gasteiger charge is 2.46. The number of aromatic nitrogens is 5. The van der Waals surface area contributed by atoms with Gasteiger partial charge in [-0.25, -0.2) is 4.98 Å². The molecule has 1 unspecified atom stereocenters. The first-order valence-corrected chi connectivity index (χ1v) is 24.3. The number of hydrogen-bond acceptors (Lipinski definition) is 16. The number of nitrogen functional groups attached to an aromatic ring is 1. The lowest BCUT2D eigenvalue weighted by molar-refractivity contribution is -0.143. The maximum Gasteiger partial charge on any atom is 0.255 e. The van der Waals surface area contributed by atoms with Crippen LogP contribution in [0, 0.1) is 12.8 Å². The van der Waals surface area contributed by atoms with Gasteiger partial charge in [-0.05, 0) is 42.2 Å². The molecular weight excluding hydrogens is 930 g/mol. The molecule has 3 amide bonds. The van der Waals surface area contributed by atoms with Crippen LogP contribution in [0.3, 0.4) is 0 Å². The van der Waals surface area contributed by atoms with Crippen LogP contribution in [0.5, 0.6) is 5.75 Å². The first-order valence-electron chi connectivity index (χ1n) is 23.0. The van der Waals surface area contributed by atoms with Gasteiger partial charge in [-0.1, -0.05) is 55.8 Å². The van der Waals surface area contributed by atoms with Crippen molar-refractivity contribution < 1.29 is 47.9 Å². The standard InChI is InChI=1S/C48H60ClN9O10S/c1-31(2)43(58-28-35-6-4-5-7-38(35)47(58)61)48(62)57-29-37(59)23-40(57)46(60)51-25-34-9-8-33(44-32(3)52-30-69-44)22-41(34)68-21-20-67-19-18-66-17-16-65-15-14-64-13-12-63-11-10-56-27-36(26-53-56)39-24-42(49)54-55-45(39)50/h4-9,22,24,26-27,30-31,37,40,43,59H,10-21,23,25,28-29H2,1-3H3,(H2,50,55)(H,51,60)/t37-,40+,43?/m1/s1. The molecule has 1 fully saturated rings. The molecule has 3 atom stereocenters. The molecule has 370 valence electrons. The number of carbonyl (C=O) groups is 3. The number of likely N-dealkylation sites (tertiary alicyclic amines) is 1. The van der Waals surface area contributed by atoms with Gasteiger partial charge in [0, 0.05) is 54.5 Å². The van der Waals surface area contributed by atoms with Crippen molar-refractivity contribution in [3.05, 3.63) is 94.0 Å². The normalized spacial score (nSPS) is 16.1. The molecule has 0 bridgehead atoms. The van der Waals surface area contributed by atoms with Gasteiger partial charge in [-0.2, -0.15) is 5.10 Å². The van der Waals surface area contributed by atoms with Crippen LogP contribution < -0.4 is 15.8 Å². The number of halogens is 1. The Morgan fingerprint density at radius 1 is 0.899 bits per heavy atom. The van der Waals surface area contributed by atoms with Gasteiger partial charge in [0.05, 0.1) is 101 Å².